The Bertz CT molecular complexity index is 539. The van der Waals surface area contributed by atoms with Crippen molar-refractivity contribution < 1.29 is 5.11 Å². The van der Waals surface area contributed by atoms with Gasteiger partial charge in [-0.2, -0.15) is 0 Å². The highest BCUT2D eigenvalue weighted by Crippen LogP contribution is 2.20. The summed E-state index contributed by atoms with van der Waals surface area (Å²) >= 11 is 0. The van der Waals surface area contributed by atoms with E-state index in [9.17, 15) is 5.11 Å². The summed E-state index contributed by atoms with van der Waals surface area (Å²) < 4.78 is 0. The zero-order valence-corrected chi connectivity index (χ0v) is 17.4. The SMILES string of the molecule is CCNC(=NCC1CCCN1Cc1ccccc1)N1CC[C@@H](O)C1.I. The Morgan fingerprint density at radius 3 is 2.72 bits per heavy atom. The first-order valence-corrected chi connectivity index (χ1v) is 9.25. The van der Waals surface area contributed by atoms with Gasteiger partial charge in [0.2, 0.25) is 0 Å². The zero-order chi connectivity index (χ0) is 16.8. The molecule has 2 saturated heterocycles. The zero-order valence-electron chi connectivity index (χ0n) is 15.1. The second kappa shape index (κ2) is 10.3. The van der Waals surface area contributed by atoms with Crippen LogP contribution in [0.1, 0.15) is 31.7 Å². The average Bonchev–Trinajstić information content (AvgIpc) is 3.21. The lowest BCUT2D eigenvalue weighted by molar-refractivity contribution is 0.187. The summed E-state index contributed by atoms with van der Waals surface area (Å²) in [5, 5.41) is 13.1. The van der Waals surface area contributed by atoms with Gasteiger partial charge in [0.05, 0.1) is 12.6 Å². The van der Waals surface area contributed by atoms with Gasteiger partial charge in [0.25, 0.3) is 0 Å². The minimum atomic E-state index is -0.213. The Hall–Kier alpha value is -0.860. The van der Waals surface area contributed by atoms with E-state index in [-0.39, 0.29) is 30.1 Å². The molecule has 25 heavy (non-hydrogen) atoms. The van der Waals surface area contributed by atoms with Gasteiger partial charge in [0.15, 0.2) is 5.96 Å². The van der Waals surface area contributed by atoms with E-state index in [1.165, 1.54) is 18.4 Å². The van der Waals surface area contributed by atoms with Crippen LogP contribution in [0.2, 0.25) is 0 Å². The van der Waals surface area contributed by atoms with Gasteiger partial charge < -0.3 is 15.3 Å². The number of halogens is 1. The molecule has 0 saturated carbocycles. The van der Waals surface area contributed by atoms with Crippen molar-refractivity contribution in [3.05, 3.63) is 35.9 Å². The van der Waals surface area contributed by atoms with Crippen molar-refractivity contribution in [3.8, 4) is 0 Å². The fraction of sp³-hybridized carbons (Fsp3) is 0.632. The van der Waals surface area contributed by atoms with Gasteiger partial charge in [-0.25, -0.2) is 0 Å². The number of aliphatic hydroxyl groups excluding tert-OH is 1. The normalized spacial score (nSPS) is 24.4. The van der Waals surface area contributed by atoms with Crippen LogP contribution in [0, 0.1) is 0 Å². The molecular weight excluding hydrogens is 427 g/mol. The monoisotopic (exact) mass is 458 g/mol. The molecule has 3 rings (SSSR count). The largest absolute Gasteiger partial charge is 0.391 e. The number of guanidine groups is 1. The van der Waals surface area contributed by atoms with Crippen LogP contribution >= 0.6 is 24.0 Å². The number of β-amino-alcohol motifs (C(OH)–C–C–N with tert-alkyl or cyclic N) is 1. The summed E-state index contributed by atoms with van der Waals surface area (Å²) in [6, 6.07) is 11.2. The maximum atomic E-state index is 9.77. The van der Waals surface area contributed by atoms with E-state index in [4.69, 9.17) is 4.99 Å². The van der Waals surface area contributed by atoms with Gasteiger partial charge >= 0.3 is 0 Å². The van der Waals surface area contributed by atoms with Crippen LogP contribution in [0.25, 0.3) is 0 Å². The third-order valence-electron chi connectivity index (χ3n) is 4.98. The number of nitrogens with one attached hydrogen (secondary N) is 1. The molecule has 2 N–H and O–H groups in total. The van der Waals surface area contributed by atoms with Gasteiger partial charge in [-0.15, -0.1) is 24.0 Å². The molecule has 2 heterocycles. The third kappa shape index (κ3) is 5.82. The molecule has 6 heteroatoms. The summed E-state index contributed by atoms with van der Waals surface area (Å²) in [5.74, 6) is 0.959. The van der Waals surface area contributed by atoms with E-state index in [2.05, 4.69) is 52.4 Å². The number of nitrogens with zero attached hydrogens (tertiary/aromatic N) is 3. The highest BCUT2D eigenvalue weighted by Gasteiger charge is 2.26. The van der Waals surface area contributed by atoms with E-state index >= 15 is 0 Å². The molecule has 0 amide bonds. The van der Waals surface area contributed by atoms with Crippen molar-refractivity contribution in [2.75, 3.05) is 32.7 Å². The number of hydrogen-bond donors (Lipinski definition) is 2. The minimum absolute atomic E-state index is 0. The molecular formula is C19H31IN4O. The second-order valence-corrected chi connectivity index (χ2v) is 6.84. The quantitative estimate of drug-likeness (QED) is 0.404. The molecule has 2 atom stereocenters. The van der Waals surface area contributed by atoms with Crippen LogP contribution in [-0.2, 0) is 6.54 Å². The molecule has 2 aliphatic rings. The van der Waals surface area contributed by atoms with Gasteiger partial charge in [-0.1, -0.05) is 30.3 Å². The summed E-state index contributed by atoms with van der Waals surface area (Å²) in [5.41, 5.74) is 1.38. The van der Waals surface area contributed by atoms with Crippen molar-refractivity contribution in [2.24, 2.45) is 4.99 Å². The Kier molecular flexibility index (Phi) is 8.45. The van der Waals surface area contributed by atoms with E-state index in [0.717, 1.165) is 45.1 Å². The van der Waals surface area contributed by atoms with Crippen molar-refractivity contribution in [3.63, 3.8) is 0 Å². The predicted octanol–water partition coefficient (Wildman–Crippen LogP) is 2.30. The number of hydrogen-bond acceptors (Lipinski definition) is 3. The van der Waals surface area contributed by atoms with Crippen LogP contribution in [0.5, 0.6) is 0 Å². The van der Waals surface area contributed by atoms with Crippen molar-refractivity contribution in [1.29, 1.82) is 0 Å². The fourth-order valence-electron chi connectivity index (χ4n) is 3.68. The van der Waals surface area contributed by atoms with Crippen LogP contribution in [0.3, 0.4) is 0 Å². The maximum Gasteiger partial charge on any atom is 0.194 e. The van der Waals surface area contributed by atoms with E-state index in [0.29, 0.717) is 12.6 Å². The Morgan fingerprint density at radius 2 is 2.04 bits per heavy atom. The molecule has 1 aromatic carbocycles. The minimum Gasteiger partial charge on any atom is -0.391 e. The number of rotatable bonds is 5. The molecule has 140 valence electrons. The Balaban J connectivity index is 0.00000225. The predicted molar refractivity (Wildman–Crippen MR) is 113 cm³/mol. The van der Waals surface area contributed by atoms with E-state index < -0.39 is 0 Å². The molecule has 5 nitrogen and oxygen atoms in total. The number of aliphatic hydroxyl groups is 1. The van der Waals surface area contributed by atoms with Gasteiger partial charge in [-0.3, -0.25) is 9.89 Å². The van der Waals surface area contributed by atoms with Crippen molar-refractivity contribution >= 4 is 29.9 Å². The lowest BCUT2D eigenvalue weighted by atomic mass is 10.2. The summed E-state index contributed by atoms with van der Waals surface area (Å²) in [6.45, 7) is 7.56. The second-order valence-electron chi connectivity index (χ2n) is 6.84. The molecule has 0 bridgehead atoms. The molecule has 0 aromatic heterocycles. The number of benzene rings is 1. The summed E-state index contributed by atoms with van der Waals surface area (Å²) in [6.07, 6.45) is 3.10. The van der Waals surface area contributed by atoms with Crippen molar-refractivity contribution in [2.45, 2.75) is 44.9 Å². The highest BCUT2D eigenvalue weighted by atomic mass is 127. The van der Waals surface area contributed by atoms with Crippen molar-refractivity contribution in [1.82, 2.24) is 15.1 Å². The fourth-order valence-corrected chi connectivity index (χ4v) is 3.68. The average molecular weight is 458 g/mol. The first-order chi connectivity index (χ1) is 11.8. The highest BCUT2D eigenvalue weighted by molar-refractivity contribution is 14.0. The molecule has 0 aliphatic carbocycles. The summed E-state index contributed by atoms with van der Waals surface area (Å²) in [7, 11) is 0. The van der Waals surface area contributed by atoms with E-state index in [1.807, 2.05) is 0 Å². The van der Waals surface area contributed by atoms with Crippen LogP contribution in [0.4, 0.5) is 0 Å². The molecule has 2 aliphatic heterocycles. The molecule has 1 aromatic rings. The van der Waals surface area contributed by atoms with Gasteiger partial charge in [-0.05, 0) is 38.3 Å². The molecule has 0 spiro atoms. The van der Waals surface area contributed by atoms with E-state index in [1.54, 1.807) is 0 Å². The Labute approximate surface area is 168 Å². The topological polar surface area (TPSA) is 51.1 Å². The van der Waals surface area contributed by atoms with Crippen LogP contribution in [0.15, 0.2) is 35.3 Å². The number of likely N-dealkylation sites (tertiary alicyclic amines) is 2. The van der Waals surface area contributed by atoms with Crippen LogP contribution < -0.4 is 5.32 Å². The van der Waals surface area contributed by atoms with Crippen LogP contribution in [-0.4, -0.2) is 65.7 Å². The first-order valence-electron chi connectivity index (χ1n) is 9.25. The molecule has 2 fully saturated rings. The number of aliphatic imine (C=N–C) groups is 1. The Morgan fingerprint density at radius 1 is 1.24 bits per heavy atom. The van der Waals surface area contributed by atoms with Gasteiger partial charge in [0, 0.05) is 32.2 Å². The smallest absolute Gasteiger partial charge is 0.194 e. The van der Waals surface area contributed by atoms with Gasteiger partial charge in [0.1, 0.15) is 0 Å². The lowest BCUT2D eigenvalue weighted by Crippen LogP contribution is -2.41. The maximum absolute atomic E-state index is 9.77. The first kappa shape index (κ1) is 20.5. The third-order valence-corrected chi connectivity index (χ3v) is 4.98. The lowest BCUT2D eigenvalue weighted by Gasteiger charge is -2.25. The molecule has 0 radical (unpaired) electrons. The summed E-state index contributed by atoms with van der Waals surface area (Å²) in [4.78, 5) is 9.62. The standard InChI is InChI=1S/C19H30N4O.HI/c1-2-20-19(23-12-10-18(24)15-23)21-13-17-9-6-11-22(17)14-16-7-4-3-5-8-16;/h3-5,7-8,17-18,24H,2,6,9-15H2,1H3,(H,20,21);1H/t17?,18-;/m1./s1. The molecule has 1 unspecified atom stereocenters.